The van der Waals surface area contributed by atoms with E-state index in [2.05, 4.69) is 47.1 Å². The van der Waals surface area contributed by atoms with E-state index in [1.807, 2.05) is 32.1 Å². The molecule has 0 aromatic carbocycles. The number of aromatic amines is 2. The van der Waals surface area contributed by atoms with Crippen LogP contribution in [-0.2, 0) is 25.5 Å². The van der Waals surface area contributed by atoms with Crippen LogP contribution >= 0.6 is 0 Å². The van der Waals surface area contributed by atoms with Crippen molar-refractivity contribution in [2.24, 2.45) is 23.7 Å². The van der Waals surface area contributed by atoms with Gasteiger partial charge in [0.2, 0.25) is 0 Å². The molecule has 10 heteroatoms. The summed E-state index contributed by atoms with van der Waals surface area (Å²) in [6.45, 7) is 12.3. The number of carbonyl (C=O) groups is 3. The average molecular weight is 627 g/mol. The highest BCUT2D eigenvalue weighted by Crippen LogP contribution is 2.42. The maximum absolute atomic E-state index is 14.1. The molecule has 0 saturated carbocycles. The van der Waals surface area contributed by atoms with Crippen molar-refractivity contribution in [3.8, 4) is 0 Å². The van der Waals surface area contributed by atoms with Crippen molar-refractivity contribution < 1.29 is 29.0 Å². The number of aromatic nitrogens is 2. The number of carbonyl (C=O) groups excluding carboxylic acids is 3. The molecule has 5 heterocycles. The fourth-order valence-corrected chi connectivity index (χ4v) is 7.92. The number of nitrogens with one attached hydrogen (secondary N) is 4. The van der Waals surface area contributed by atoms with Crippen LogP contribution in [0, 0.1) is 30.6 Å². The Hall–Kier alpha value is -4.73. The highest BCUT2D eigenvalue weighted by atomic mass is 16.5. The number of esters is 2. The molecule has 3 aliphatic heterocycles. The lowest BCUT2D eigenvalue weighted by Gasteiger charge is -2.25. The van der Waals surface area contributed by atoms with Gasteiger partial charge in [0.05, 0.1) is 43.3 Å². The maximum atomic E-state index is 14.1. The summed E-state index contributed by atoms with van der Waals surface area (Å²) in [7, 11) is 2.67. The van der Waals surface area contributed by atoms with Crippen LogP contribution in [0.2, 0.25) is 0 Å². The van der Waals surface area contributed by atoms with Crippen molar-refractivity contribution in [2.45, 2.75) is 59.0 Å². The van der Waals surface area contributed by atoms with E-state index in [0.717, 1.165) is 50.7 Å². The van der Waals surface area contributed by atoms with E-state index in [9.17, 15) is 19.5 Å². The summed E-state index contributed by atoms with van der Waals surface area (Å²) < 4.78 is 10.2. The molecular weight excluding hydrogens is 584 g/mol. The van der Waals surface area contributed by atoms with Gasteiger partial charge in [0.15, 0.2) is 5.78 Å². The van der Waals surface area contributed by atoms with Crippen molar-refractivity contribution in [3.05, 3.63) is 79.3 Å². The van der Waals surface area contributed by atoms with E-state index < -0.39 is 17.9 Å². The SMILES string of the molecule is C=CC1=C2/C=c3\[nH]c(c(CC)\c3=C\O)/C=c3\[nH]c4c(c3C)C(=O)[C@H](C(=O)OC)C=4C3N/C(=C\C(N2)C1C)[C@@H](C)[C@@H]3CCC(=O)OC. The number of methoxy groups -OCH3 is 2. The average Bonchev–Trinajstić information content (AvgIpc) is 3.79. The minimum Gasteiger partial charge on any atom is -0.515 e. The molecule has 1 aliphatic carbocycles. The van der Waals surface area contributed by atoms with Gasteiger partial charge in [0.25, 0.3) is 0 Å². The Morgan fingerprint density at radius 1 is 1.07 bits per heavy atom. The molecule has 46 heavy (non-hydrogen) atoms. The summed E-state index contributed by atoms with van der Waals surface area (Å²) in [4.78, 5) is 46.8. The summed E-state index contributed by atoms with van der Waals surface area (Å²) in [5, 5.41) is 20.5. The van der Waals surface area contributed by atoms with E-state index in [0.29, 0.717) is 34.5 Å². The smallest absolute Gasteiger partial charge is 0.320 e. The molecule has 8 bridgehead atoms. The van der Waals surface area contributed by atoms with Crippen LogP contribution in [0.25, 0.3) is 24.0 Å². The van der Waals surface area contributed by atoms with Gasteiger partial charge < -0.3 is 35.2 Å². The second kappa shape index (κ2) is 11.9. The van der Waals surface area contributed by atoms with Gasteiger partial charge in [-0.3, -0.25) is 14.4 Å². The van der Waals surface area contributed by atoms with Crippen LogP contribution < -0.4 is 31.9 Å². The van der Waals surface area contributed by atoms with Crippen molar-refractivity contribution in [3.63, 3.8) is 0 Å². The number of hydrogen-bond donors (Lipinski definition) is 5. The zero-order valence-corrected chi connectivity index (χ0v) is 27.2. The number of aliphatic hydroxyl groups is 1. The third kappa shape index (κ3) is 4.73. The van der Waals surface area contributed by atoms with E-state index >= 15 is 0 Å². The van der Waals surface area contributed by atoms with E-state index in [1.54, 1.807) is 0 Å². The number of aliphatic hydroxyl groups excluding tert-OH is 1. The van der Waals surface area contributed by atoms with Gasteiger partial charge in [0, 0.05) is 51.5 Å². The summed E-state index contributed by atoms with van der Waals surface area (Å²) in [6, 6.07) is -0.515. The van der Waals surface area contributed by atoms with Gasteiger partial charge in [-0.2, -0.15) is 0 Å². The number of ketones is 1. The monoisotopic (exact) mass is 626 g/mol. The van der Waals surface area contributed by atoms with Crippen LogP contribution in [0.4, 0.5) is 0 Å². The predicted octanol–water partition coefficient (Wildman–Crippen LogP) is 1.38. The summed E-state index contributed by atoms with van der Waals surface area (Å²) in [6.07, 6.45) is 10.5. The predicted molar refractivity (Wildman–Crippen MR) is 175 cm³/mol. The quantitative estimate of drug-likeness (QED) is 0.239. The number of hydrogen-bond acceptors (Lipinski definition) is 8. The zero-order chi connectivity index (χ0) is 33.0. The molecule has 242 valence electrons. The van der Waals surface area contributed by atoms with Crippen molar-refractivity contribution >= 4 is 41.7 Å². The normalized spacial score (nSPS) is 29.3. The van der Waals surface area contributed by atoms with Gasteiger partial charge in [-0.05, 0) is 66.2 Å². The molecule has 2 aromatic rings. The number of fused-ring (bicyclic) bond motifs is 8. The lowest BCUT2D eigenvalue weighted by molar-refractivity contribution is -0.142. The first kappa shape index (κ1) is 31.3. The molecular formula is C36H42N4O6. The summed E-state index contributed by atoms with van der Waals surface area (Å²) in [5.74, 6) is -2.41. The standard InChI is InChI=1S/C36H42N4O6/c1-8-19-16(3)23-12-24-17(4)21(10-11-29(42)45-6)33(39-24)31-32(36(44)46-7)35(43)30-18(5)25(40-34(30)31)13-27-20(9-2)22(15-41)28(38-27)14-26(19)37-23/h8,12-17,21,23,32-33,37-41H,1,9-11H2,2-7H3/b22-15-,24-12-,25-13-,28-14-/t16?,17-,21-,23?,32+,33?/m0/s1. The Kier molecular flexibility index (Phi) is 8.08. The largest absolute Gasteiger partial charge is 0.515 e. The number of allylic oxidation sites excluding steroid dienone is 3. The van der Waals surface area contributed by atoms with Gasteiger partial charge in [0.1, 0.15) is 5.92 Å². The summed E-state index contributed by atoms with van der Waals surface area (Å²) >= 11 is 0. The second-order valence-corrected chi connectivity index (χ2v) is 12.6. The van der Waals surface area contributed by atoms with Crippen LogP contribution in [0.3, 0.4) is 0 Å². The fourth-order valence-electron chi connectivity index (χ4n) is 7.92. The highest BCUT2D eigenvalue weighted by Gasteiger charge is 2.49. The number of rotatable bonds is 6. The topological polar surface area (TPSA) is 146 Å². The highest BCUT2D eigenvalue weighted by molar-refractivity contribution is 6.19. The van der Waals surface area contributed by atoms with Crippen LogP contribution in [0.15, 0.2) is 35.7 Å². The molecule has 6 rings (SSSR count). The van der Waals surface area contributed by atoms with Gasteiger partial charge in [-0.1, -0.05) is 33.4 Å². The molecule has 3 unspecified atom stereocenters. The van der Waals surface area contributed by atoms with Gasteiger partial charge in [-0.25, -0.2) is 0 Å². The molecule has 0 spiro atoms. The molecule has 0 amide bonds. The number of Topliss-reactive ketones (excluding diaryl/α,β-unsaturated/α-hetero) is 1. The number of ether oxygens (including phenoxy) is 2. The fraction of sp³-hybridized carbons (Fsp3) is 0.417. The maximum Gasteiger partial charge on any atom is 0.320 e. The Morgan fingerprint density at radius 2 is 1.83 bits per heavy atom. The first-order valence-corrected chi connectivity index (χ1v) is 15.9. The first-order valence-electron chi connectivity index (χ1n) is 15.9. The minimum atomic E-state index is -1.11. The van der Waals surface area contributed by atoms with Crippen LogP contribution in [-0.4, -0.2) is 59.1 Å². The van der Waals surface area contributed by atoms with E-state index in [4.69, 9.17) is 9.47 Å². The second-order valence-electron chi connectivity index (χ2n) is 12.6. The minimum absolute atomic E-state index is 0.0279. The summed E-state index contributed by atoms with van der Waals surface area (Å²) in [5.41, 5.74) is 6.48. The lowest BCUT2D eigenvalue weighted by Crippen LogP contribution is -2.38. The zero-order valence-electron chi connectivity index (χ0n) is 27.2. The molecule has 1 saturated heterocycles. The molecule has 2 aromatic heterocycles. The Balaban J connectivity index is 1.69. The lowest BCUT2D eigenvalue weighted by atomic mass is 9.80. The molecule has 1 fully saturated rings. The van der Waals surface area contributed by atoms with E-state index in [1.165, 1.54) is 14.2 Å². The molecule has 10 nitrogen and oxygen atoms in total. The Bertz CT molecular complexity index is 1980. The van der Waals surface area contributed by atoms with Gasteiger partial charge >= 0.3 is 11.9 Å². The number of H-pyrrole nitrogens is 2. The third-order valence-electron chi connectivity index (χ3n) is 10.5. The Labute approximate surface area is 267 Å². The van der Waals surface area contributed by atoms with Crippen LogP contribution in [0.1, 0.15) is 60.8 Å². The molecule has 4 aliphatic rings. The van der Waals surface area contributed by atoms with Crippen molar-refractivity contribution in [2.75, 3.05) is 14.2 Å². The van der Waals surface area contributed by atoms with Crippen molar-refractivity contribution in [1.82, 2.24) is 20.6 Å². The van der Waals surface area contributed by atoms with Crippen LogP contribution in [0.5, 0.6) is 0 Å². The molecule has 0 radical (unpaired) electrons. The Morgan fingerprint density at radius 3 is 2.48 bits per heavy atom. The first-order chi connectivity index (χ1) is 22.1. The molecule has 6 atom stereocenters. The van der Waals surface area contributed by atoms with Gasteiger partial charge in [-0.15, -0.1) is 0 Å². The molecule has 5 N–H and O–H groups in total. The van der Waals surface area contributed by atoms with E-state index in [-0.39, 0.29) is 42.0 Å². The van der Waals surface area contributed by atoms with Crippen molar-refractivity contribution in [1.29, 1.82) is 0 Å². The third-order valence-corrected chi connectivity index (χ3v) is 10.5.